The molecule has 0 aliphatic rings. The van der Waals surface area contributed by atoms with Gasteiger partial charge in [0, 0.05) is 16.7 Å². The van der Waals surface area contributed by atoms with Gasteiger partial charge in [0.2, 0.25) is 0 Å². The molecule has 1 aromatic heterocycles. The third-order valence-electron chi connectivity index (χ3n) is 2.48. The highest BCUT2D eigenvalue weighted by atomic mass is 32.2. The average Bonchev–Trinajstić information content (AvgIpc) is 2.98. The molecule has 0 radical (unpaired) electrons. The number of aromatic nitrogens is 1. The molecule has 0 aliphatic heterocycles. The second-order valence-electron chi connectivity index (χ2n) is 3.72. The zero-order valence-electron chi connectivity index (χ0n) is 10.3. The normalized spacial score (nSPS) is 9.95. The van der Waals surface area contributed by atoms with Crippen LogP contribution in [0.15, 0.2) is 47.5 Å². The molecule has 0 unspecified atom stereocenters. The van der Waals surface area contributed by atoms with Crippen LogP contribution >= 0.6 is 11.8 Å². The molecule has 2 aromatic rings. The average molecular weight is 275 g/mol. The van der Waals surface area contributed by atoms with E-state index in [9.17, 15) is 9.59 Å². The molecule has 0 bridgehead atoms. The van der Waals surface area contributed by atoms with E-state index < -0.39 is 0 Å². The molecule has 1 aromatic carbocycles. The van der Waals surface area contributed by atoms with Crippen LogP contribution in [0.3, 0.4) is 0 Å². The Morgan fingerprint density at radius 2 is 1.74 bits per heavy atom. The minimum absolute atomic E-state index is 0.354. The number of hydrazine groups is 1. The van der Waals surface area contributed by atoms with Crippen molar-refractivity contribution in [1.82, 2.24) is 15.8 Å². The summed E-state index contributed by atoms with van der Waals surface area (Å²) in [5.74, 6) is -0.744. The maximum Gasteiger partial charge on any atom is 0.286 e. The van der Waals surface area contributed by atoms with Gasteiger partial charge in [-0.3, -0.25) is 20.4 Å². The van der Waals surface area contributed by atoms with Crippen LogP contribution in [0.4, 0.5) is 0 Å². The van der Waals surface area contributed by atoms with Crippen molar-refractivity contribution in [3.63, 3.8) is 0 Å². The molecule has 6 heteroatoms. The number of thioether (sulfide) groups is 1. The maximum absolute atomic E-state index is 11.8. The predicted molar refractivity (Wildman–Crippen MR) is 73.9 cm³/mol. The molecule has 0 aliphatic carbocycles. The standard InChI is InChI=1S/C13H13N3O2S/c1-19-10-6-4-9(5-7-10)12(17)15-16-13(18)11-3-2-8-14-11/h2-8,14H,1H3,(H,15,17)(H,16,18). The Balaban J connectivity index is 1.92. The van der Waals surface area contributed by atoms with Crippen molar-refractivity contribution in [2.75, 3.05) is 6.26 Å². The van der Waals surface area contributed by atoms with Crippen LogP contribution in [0.25, 0.3) is 0 Å². The summed E-state index contributed by atoms with van der Waals surface area (Å²) >= 11 is 1.60. The number of benzene rings is 1. The highest BCUT2D eigenvalue weighted by molar-refractivity contribution is 7.98. The van der Waals surface area contributed by atoms with Gasteiger partial charge in [0.25, 0.3) is 11.8 Å². The number of aromatic amines is 1. The van der Waals surface area contributed by atoms with E-state index >= 15 is 0 Å². The highest BCUT2D eigenvalue weighted by Crippen LogP contribution is 2.14. The molecule has 2 rings (SSSR count). The lowest BCUT2D eigenvalue weighted by atomic mass is 10.2. The molecule has 0 atom stereocenters. The molecule has 3 N–H and O–H groups in total. The van der Waals surface area contributed by atoms with E-state index in [1.807, 2.05) is 18.4 Å². The van der Waals surface area contributed by atoms with Crippen molar-refractivity contribution in [2.24, 2.45) is 0 Å². The molecule has 0 saturated heterocycles. The first kappa shape index (κ1) is 13.2. The SMILES string of the molecule is CSc1ccc(C(=O)NNC(=O)c2ccc[nH]2)cc1. The van der Waals surface area contributed by atoms with E-state index in [1.165, 1.54) is 0 Å². The van der Waals surface area contributed by atoms with E-state index in [-0.39, 0.29) is 11.8 Å². The van der Waals surface area contributed by atoms with Gasteiger partial charge < -0.3 is 4.98 Å². The van der Waals surface area contributed by atoms with Crippen molar-refractivity contribution in [3.8, 4) is 0 Å². The van der Waals surface area contributed by atoms with E-state index in [0.29, 0.717) is 11.3 Å². The summed E-state index contributed by atoms with van der Waals surface area (Å²) in [7, 11) is 0. The predicted octanol–water partition coefficient (Wildman–Crippen LogP) is 1.81. The lowest BCUT2D eigenvalue weighted by Crippen LogP contribution is -2.41. The first-order chi connectivity index (χ1) is 9.20. The van der Waals surface area contributed by atoms with Crippen LogP contribution in [0.2, 0.25) is 0 Å². The van der Waals surface area contributed by atoms with Gasteiger partial charge in [0.15, 0.2) is 0 Å². The Bertz CT molecular complexity index is 564. The van der Waals surface area contributed by atoms with Gasteiger partial charge in [-0.2, -0.15) is 0 Å². The Labute approximate surface area is 114 Å². The minimum atomic E-state index is -0.390. The molecule has 0 spiro atoms. The smallest absolute Gasteiger partial charge is 0.286 e. The third kappa shape index (κ3) is 3.38. The van der Waals surface area contributed by atoms with Crippen molar-refractivity contribution in [1.29, 1.82) is 0 Å². The fraction of sp³-hybridized carbons (Fsp3) is 0.0769. The highest BCUT2D eigenvalue weighted by Gasteiger charge is 2.09. The molecular formula is C13H13N3O2S. The first-order valence-corrected chi connectivity index (χ1v) is 6.81. The molecule has 5 nitrogen and oxygen atoms in total. The number of hydrogen-bond donors (Lipinski definition) is 3. The fourth-order valence-electron chi connectivity index (χ4n) is 1.47. The van der Waals surface area contributed by atoms with Gasteiger partial charge in [-0.1, -0.05) is 0 Å². The fourth-order valence-corrected chi connectivity index (χ4v) is 1.88. The molecule has 2 amide bonds. The van der Waals surface area contributed by atoms with Gasteiger partial charge in [-0.05, 0) is 42.7 Å². The number of carbonyl (C=O) groups excluding carboxylic acids is 2. The topological polar surface area (TPSA) is 74.0 Å². The maximum atomic E-state index is 11.8. The minimum Gasteiger partial charge on any atom is -0.357 e. The monoisotopic (exact) mass is 275 g/mol. The van der Waals surface area contributed by atoms with E-state index in [0.717, 1.165) is 4.90 Å². The summed E-state index contributed by atoms with van der Waals surface area (Å²) in [6.45, 7) is 0. The zero-order valence-corrected chi connectivity index (χ0v) is 11.1. The number of rotatable bonds is 3. The lowest BCUT2D eigenvalue weighted by Gasteiger charge is -2.06. The van der Waals surface area contributed by atoms with Crippen molar-refractivity contribution < 1.29 is 9.59 Å². The van der Waals surface area contributed by atoms with Gasteiger partial charge in [0.05, 0.1) is 0 Å². The van der Waals surface area contributed by atoms with Gasteiger partial charge >= 0.3 is 0 Å². The Morgan fingerprint density at radius 1 is 1.05 bits per heavy atom. The van der Waals surface area contributed by atoms with E-state index in [2.05, 4.69) is 15.8 Å². The van der Waals surface area contributed by atoms with Crippen LogP contribution in [-0.2, 0) is 0 Å². The molecule has 0 saturated carbocycles. The third-order valence-corrected chi connectivity index (χ3v) is 3.23. The van der Waals surface area contributed by atoms with E-state index in [4.69, 9.17) is 0 Å². The number of hydrogen-bond acceptors (Lipinski definition) is 3. The van der Waals surface area contributed by atoms with Crippen molar-refractivity contribution >= 4 is 23.6 Å². The number of amides is 2. The Kier molecular flexibility index (Phi) is 4.25. The summed E-state index contributed by atoms with van der Waals surface area (Å²) in [6.07, 6.45) is 3.60. The van der Waals surface area contributed by atoms with Crippen LogP contribution < -0.4 is 10.9 Å². The van der Waals surface area contributed by atoms with Crippen LogP contribution in [0, 0.1) is 0 Å². The quantitative estimate of drug-likeness (QED) is 0.591. The van der Waals surface area contributed by atoms with Gasteiger partial charge in [-0.15, -0.1) is 11.8 Å². The summed E-state index contributed by atoms with van der Waals surface area (Å²) in [4.78, 5) is 27.2. The van der Waals surface area contributed by atoms with Crippen molar-refractivity contribution in [2.45, 2.75) is 4.90 Å². The second kappa shape index (κ2) is 6.10. The van der Waals surface area contributed by atoms with Gasteiger partial charge in [-0.25, -0.2) is 0 Å². The van der Waals surface area contributed by atoms with Crippen LogP contribution in [0.5, 0.6) is 0 Å². The number of nitrogens with one attached hydrogen (secondary N) is 3. The van der Waals surface area contributed by atoms with Crippen LogP contribution in [0.1, 0.15) is 20.8 Å². The van der Waals surface area contributed by atoms with E-state index in [1.54, 1.807) is 42.2 Å². The summed E-state index contributed by atoms with van der Waals surface area (Å²) in [5.41, 5.74) is 5.57. The zero-order chi connectivity index (χ0) is 13.7. The summed E-state index contributed by atoms with van der Waals surface area (Å²) < 4.78 is 0. The van der Waals surface area contributed by atoms with Crippen molar-refractivity contribution in [3.05, 3.63) is 53.9 Å². The summed E-state index contributed by atoms with van der Waals surface area (Å²) in [6, 6.07) is 10.5. The number of H-pyrrole nitrogens is 1. The molecule has 0 fully saturated rings. The number of carbonyl (C=O) groups is 2. The Hall–Kier alpha value is -2.21. The first-order valence-electron chi connectivity index (χ1n) is 5.59. The molecular weight excluding hydrogens is 262 g/mol. The Morgan fingerprint density at radius 3 is 2.32 bits per heavy atom. The second-order valence-corrected chi connectivity index (χ2v) is 4.60. The van der Waals surface area contributed by atoms with Crippen LogP contribution in [-0.4, -0.2) is 23.1 Å². The van der Waals surface area contributed by atoms with Gasteiger partial charge in [0.1, 0.15) is 5.69 Å². The summed E-state index contributed by atoms with van der Waals surface area (Å²) in [5, 5.41) is 0. The largest absolute Gasteiger partial charge is 0.357 e. The lowest BCUT2D eigenvalue weighted by molar-refractivity contribution is 0.0844. The molecule has 98 valence electrons. The molecule has 1 heterocycles. The molecule has 19 heavy (non-hydrogen) atoms.